The molecule has 5 N–H and O–H groups in total. The van der Waals surface area contributed by atoms with E-state index in [2.05, 4.69) is 0 Å². The summed E-state index contributed by atoms with van der Waals surface area (Å²) in [6.45, 7) is -0.685. The Balaban J connectivity index is 2.90. The van der Waals surface area contributed by atoms with Gasteiger partial charge in [-0.05, 0) is 0 Å². The molecule has 1 amide bonds. The zero-order valence-corrected chi connectivity index (χ0v) is 10.4. The summed E-state index contributed by atoms with van der Waals surface area (Å²) in [5, 5.41) is 28.8. The molecule has 0 aromatic rings. The summed E-state index contributed by atoms with van der Waals surface area (Å²) in [5.74, 6) is -0.417. The van der Waals surface area contributed by atoms with Gasteiger partial charge in [0.05, 0.1) is 13.2 Å². The van der Waals surface area contributed by atoms with E-state index in [9.17, 15) is 15.0 Å². The molecule has 0 aliphatic carbocycles. The molecule has 1 saturated heterocycles. The SMILES string of the molecule is CO[C@@H]1O[C@H](CO)[C@@H](O)[C@H](O)[C@H]1N(C)C(=O)CN. The quantitative estimate of drug-likeness (QED) is 0.422. The van der Waals surface area contributed by atoms with E-state index in [1.54, 1.807) is 0 Å². The van der Waals surface area contributed by atoms with Crippen LogP contribution in [-0.2, 0) is 14.3 Å². The minimum Gasteiger partial charge on any atom is -0.394 e. The van der Waals surface area contributed by atoms with Crippen LogP contribution >= 0.6 is 0 Å². The lowest BCUT2D eigenvalue weighted by Gasteiger charge is -2.45. The molecule has 1 aliphatic rings. The Kier molecular flexibility index (Phi) is 5.45. The van der Waals surface area contributed by atoms with Crippen molar-refractivity contribution in [1.29, 1.82) is 0 Å². The summed E-state index contributed by atoms with van der Waals surface area (Å²) in [6.07, 6.45) is -4.50. The second-order valence-corrected chi connectivity index (χ2v) is 4.14. The lowest BCUT2D eigenvalue weighted by molar-refractivity contribution is -0.276. The van der Waals surface area contributed by atoms with E-state index in [1.807, 2.05) is 0 Å². The minimum atomic E-state index is -1.31. The molecule has 5 atom stereocenters. The van der Waals surface area contributed by atoms with Crippen LogP contribution in [0.15, 0.2) is 0 Å². The standard InChI is InChI=1S/C10H20N2O6/c1-12(6(14)3-11)7-9(16)8(15)5(4-13)18-10(7)17-2/h5,7-10,13,15-16H,3-4,11H2,1-2H3/t5-,7-,8-,9-,10-/m1/s1. The molecule has 0 aromatic carbocycles. The average Bonchev–Trinajstić information content (AvgIpc) is 2.39. The molecular weight excluding hydrogens is 244 g/mol. The summed E-state index contributed by atoms with van der Waals surface area (Å²) >= 11 is 0. The Morgan fingerprint density at radius 3 is 2.50 bits per heavy atom. The highest BCUT2D eigenvalue weighted by atomic mass is 16.7. The first-order valence-corrected chi connectivity index (χ1v) is 5.58. The number of aliphatic hydroxyl groups is 3. The summed E-state index contributed by atoms with van der Waals surface area (Å²) in [6, 6.07) is -0.885. The van der Waals surface area contributed by atoms with Crippen molar-refractivity contribution in [3.8, 4) is 0 Å². The fraction of sp³-hybridized carbons (Fsp3) is 0.900. The van der Waals surface area contributed by atoms with E-state index in [0.29, 0.717) is 0 Å². The van der Waals surface area contributed by atoms with E-state index in [-0.39, 0.29) is 6.54 Å². The van der Waals surface area contributed by atoms with Gasteiger partial charge in [-0.2, -0.15) is 0 Å². The van der Waals surface area contributed by atoms with Crippen molar-refractivity contribution < 1.29 is 29.6 Å². The molecule has 1 aliphatic heterocycles. The van der Waals surface area contributed by atoms with Crippen LogP contribution < -0.4 is 5.73 Å². The third kappa shape index (κ3) is 2.79. The van der Waals surface area contributed by atoms with Crippen LogP contribution in [0.2, 0.25) is 0 Å². The van der Waals surface area contributed by atoms with E-state index in [4.69, 9.17) is 20.3 Å². The van der Waals surface area contributed by atoms with Crippen molar-refractivity contribution in [1.82, 2.24) is 4.90 Å². The number of rotatable bonds is 4. The number of nitrogens with zero attached hydrogens (tertiary/aromatic N) is 1. The van der Waals surface area contributed by atoms with Crippen molar-refractivity contribution >= 4 is 5.91 Å². The number of hydrogen-bond acceptors (Lipinski definition) is 7. The molecule has 106 valence electrons. The molecule has 1 heterocycles. The van der Waals surface area contributed by atoms with Gasteiger partial charge < -0.3 is 35.4 Å². The summed E-state index contributed by atoms with van der Waals surface area (Å²) in [4.78, 5) is 12.7. The summed E-state index contributed by atoms with van der Waals surface area (Å²) < 4.78 is 10.3. The third-order valence-electron chi connectivity index (χ3n) is 3.10. The fourth-order valence-corrected chi connectivity index (χ4v) is 1.98. The van der Waals surface area contributed by atoms with Crippen molar-refractivity contribution in [2.45, 2.75) is 30.6 Å². The van der Waals surface area contributed by atoms with Gasteiger partial charge in [-0.25, -0.2) is 0 Å². The third-order valence-corrected chi connectivity index (χ3v) is 3.10. The molecule has 8 heteroatoms. The molecule has 1 fully saturated rings. The van der Waals surface area contributed by atoms with Gasteiger partial charge in [0, 0.05) is 14.2 Å². The topological polar surface area (TPSA) is 125 Å². The van der Waals surface area contributed by atoms with Crippen LogP contribution in [0.4, 0.5) is 0 Å². The Bertz CT molecular complexity index is 288. The highest BCUT2D eigenvalue weighted by Crippen LogP contribution is 2.24. The number of hydrogen-bond donors (Lipinski definition) is 4. The van der Waals surface area contributed by atoms with Crippen molar-refractivity contribution in [3.63, 3.8) is 0 Å². The van der Waals surface area contributed by atoms with E-state index in [0.717, 1.165) is 0 Å². The van der Waals surface area contributed by atoms with Crippen LogP contribution in [0.25, 0.3) is 0 Å². The lowest BCUT2D eigenvalue weighted by atomic mass is 9.96. The number of amides is 1. The second-order valence-electron chi connectivity index (χ2n) is 4.14. The van der Waals surface area contributed by atoms with Crippen LogP contribution in [0.3, 0.4) is 0 Å². The zero-order valence-electron chi connectivity index (χ0n) is 10.4. The first-order chi connectivity index (χ1) is 8.47. The van der Waals surface area contributed by atoms with E-state index in [1.165, 1.54) is 19.1 Å². The van der Waals surface area contributed by atoms with E-state index < -0.39 is 43.2 Å². The Morgan fingerprint density at radius 2 is 2.06 bits per heavy atom. The number of carbonyl (C=O) groups is 1. The molecule has 18 heavy (non-hydrogen) atoms. The van der Waals surface area contributed by atoms with Crippen LogP contribution in [0, 0.1) is 0 Å². The number of nitrogens with two attached hydrogens (primary N) is 1. The number of likely N-dealkylation sites (N-methyl/N-ethyl adjacent to an activating group) is 1. The summed E-state index contributed by atoms with van der Waals surface area (Å²) in [5.41, 5.74) is 5.24. The zero-order chi connectivity index (χ0) is 13.9. The first-order valence-electron chi connectivity index (χ1n) is 5.58. The van der Waals surface area contributed by atoms with Gasteiger partial charge in [0.2, 0.25) is 5.91 Å². The molecule has 0 bridgehead atoms. The van der Waals surface area contributed by atoms with Gasteiger partial charge in [-0.15, -0.1) is 0 Å². The number of aliphatic hydroxyl groups excluding tert-OH is 3. The Labute approximate surface area is 105 Å². The molecular formula is C10H20N2O6. The largest absolute Gasteiger partial charge is 0.394 e. The monoisotopic (exact) mass is 264 g/mol. The Hall–Kier alpha value is -0.770. The molecule has 0 spiro atoms. The predicted octanol–water partition coefficient (Wildman–Crippen LogP) is -3.14. The van der Waals surface area contributed by atoms with Crippen LogP contribution in [0.1, 0.15) is 0 Å². The van der Waals surface area contributed by atoms with Crippen LogP contribution in [-0.4, -0.2) is 84.1 Å². The normalized spacial score (nSPS) is 36.4. The smallest absolute Gasteiger partial charge is 0.236 e. The maximum Gasteiger partial charge on any atom is 0.236 e. The van der Waals surface area contributed by atoms with Crippen molar-refractivity contribution in [2.24, 2.45) is 5.73 Å². The first kappa shape index (κ1) is 15.3. The van der Waals surface area contributed by atoms with Gasteiger partial charge >= 0.3 is 0 Å². The molecule has 0 saturated carbocycles. The second kappa shape index (κ2) is 6.41. The van der Waals surface area contributed by atoms with Crippen LogP contribution in [0.5, 0.6) is 0 Å². The molecule has 0 radical (unpaired) electrons. The minimum absolute atomic E-state index is 0.227. The number of carbonyl (C=O) groups excluding carboxylic acids is 1. The predicted molar refractivity (Wildman–Crippen MR) is 60.4 cm³/mol. The molecule has 0 aromatic heterocycles. The van der Waals surface area contributed by atoms with Crippen molar-refractivity contribution in [3.05, 3.63) is 0 Å². The van der Waals surface area contributed by atoms with E-state index >= 15 is 0 Å². The fourth-order valence-electron chi connectivity index (χ4n) is 1.98. The summed E-state index contributed by atoms with van der Waals surface area (Å²) in [7, 11) is 2.78. The van der Waals surface area contributed by atoms with Crippen molar-refractivity contribution in [2.75, 3.05) is 27.3 Å². The van der Waals surface area contributed by atoms with Gasteiger partial charge in [-0.3, -0.25) is 4.79 Å². The Morgan fingerprint density at radius 1 is 1.44 bits per heavy atom. The lowest BCUT2D eigenvalue weighted by Crippen LogP contribution is -2.65. The highest BCUT2D eigenvalue weighted by Gasteiger charge is 2.47. The maximum absolute atomic E-state index is 11.5. The number of ether oxygens (including phenoxy) is 2. The molecule has 0 unspecified atom stereocenters. The van der Waals surface area contributed by atoms with Gasteiger partial charge in [-0.1, -0.05) is 0 Å². The maximum atomic E-state index is 11.5. The van der Waals surface area contributed by atoms with Gasteiger partial charge in [0.15, 0.2) is 6.29 Å². The highest BCUT2D eigenvalue weighted by molar-refractivity contribution is 5.78. The van der Waals surface area contributed by atoms with Gasteiger partial charge in [0.1, 0.15) is 24.4 Å². The van der Waals surface area contributed by atoms with Gasteiger partial charge in [0.25, 0.3) is 0 Å². The molecule has 1 rings (SSSR count). The average molecular weight is 264 g/mol. The molecule has 8 nitrogen and oxygen atoms in total. The number of methoxy groups -OCH3 is 1.